The summed E-state index contributed by atoms with van der Waals surface area (Å²) >= 11 is 0. The van der Waals surface area contributed by atoms with Gasteiger partial charge in [-0.2, -0.15) is 0 Å². The first-order chi connectivity index (χ1) is 6.09. The summed E-state index contributed by atoms with van der Waals surface area (Å²) < 4.78 is 4.65. The van der Waals surface area contributed by atoms with Gasteiger partial charge >= 0.3 is 11.9 Å². The second-order valence-corrected chi connectivity index (χ2v) is 2.63. The number of ether oxygens (including phenoxy) is 1. The summed E-state index contributed by atoms with van der Waals surface area (Å²) in [5.41, 5.74) is -0.517. The Labute approximate surface area is 77.2 Å². The molecule has 0 spiro atoms. The summed E-state index contributed by atoms with van der Waals surface area (Å²) in [5, 5.41) is 8.35. The first-order valence-electron chi connectivity index (χ1n) is 4.19. The average molecular weight is 186 g/mol. The molecule has 0 aromatic heterocycles. The third-order valence-electron chi connectivity index (χ3n) is 1.49. The third-order valence-corrected chi connectivity index (χ3v) is 1.49. The number of hydrogen-bond donors (Lipinski definition) is 1. The molecule has 0 saturated heterocycles. The SMILES string of the molecule is C=C(C(=O)O)C(=O)OCCCCC. The number of carbonyl (C=O) groups excluding carboxylic acids is 1. The number of carboxylic acid groups (broad SMARTS) is 1. The molecule has 0 aromatic carbocycles. The minimum absolute atomic E-state index is 0.263. The van der Waals surface area contributed by atoms with Gasteiger partial charge in [0.2, 0.25) is 0 Å². The van der Waals surface area contributed by atoms with Crippen molar-refractivity contribution in [2.45, 2.75) is 26.2 Å². The van der Waals surface area contributed by atoms with Gasteiger partial charge in [-0.1, -0.05) is 26.3 Å². The lowest BCUT2D eigenvalue weighted by Gasteiger charge is -2.02. The number of esters is 1. The van der Waals surface area contributed by atoms with Crippen molar-refractivity contribution in [2.75, 3.05) is 6.61 Å². The molecule has 0 aliphatic rings. The van der Waals surface area contributed by atoms with Gasteiger partial charge < -0.3 is 9.84 Å². The number of carboxylic acids is 1. The van der Waals surface area contributed by atoms with Crippen LogP contribution in [0.3, 0.4) is 0 Å². The van der Waals surface area contributed by atoms with Gasteiger partial charge in [-0.05, 0) is 6.42 Å². The highest BCUT2D eigenvalue weighted by Gasteiger charge is 2.14. The van der Waals surface area contributed by atoms with Crippen LogP contribution < -0.4 is 0 Å². The number of hydrogen-bond acceptors (Lipinski definition) is 3. The third kappa shape index (κ3) is 5.00. The predicted octanol–water partition coefficient (Wildman–Crippen LogP) is 1.36. The normalized spacial score (nSPS) is 9.31. The quantitative estimate of drug-likeness (QED) is 0.224. The first kappa shape index (κ1) is 11.7. The van der Waals surface area contributed by atoms with Crippen molar-refractivity contribution in [2.24, 2.45) is 0 Å². The highest BCUT2D eigenvalue weighted by Crippen LogP contribution is 1.98. The van der Waals surface area contributed by atoms with Gasteiger partial charge in [0.05, 0.1) is 6.61 Å². The van der Waals surface area contributed by atoms with E-state index in [1.54, 1.807) is 0 Å². The summed E-state index contributed by atoms with van der Waals surface area (Å²) in [7, 11) is 0. The van der Waals surface area contributed by atoms with Crippen LogP contribution in [0.2, 0.25) is 0 Å². The van der Waals surface area contributed by atoms with Gasteiger partial charge in [-0.25, -0.2) is 9.59 Å². The molecule has 0 unspecified atom stereocenters. The zero-order chi connectivity index (χ0) is 10.3. The van der Waals surface area contributed by atoms with Crippen LogP contribution >= 0.6 is 0 Å². The molecule has 74 valence electrons. The molecular weight excluding hydrogens is 172 g/mol. The van der Waals surface area contributed by atoms with Crippen molar-refractivity contribution in [3.63, 3.8) is 0 Å². The molecule has 0 aliphatic carbocycles. The molecule has 4 heteroatoms. The van der Waals surface area contributed by atoms with E-state index in [2.05, 4.69) is 11.3 Å². The Morgan fingerprint density at radius 3 is 2.46 bits per heavy atom. The average Bonchev–Trinajstić information content (AvgIpc) is 2.10. The Morgan fingerprint density at radius 1 is 1.38 bits per heavy atom. The molecule has 0 atom stereocenters. The topological polar surface area (TPSA) is 63.6 Å². The van der Waals surface area contributed by atoms with Gasteiger partial charge in [0.1, 0.15) is 5.57 Å². The molecule has 1 N–H and O–H groups in total. The highest BCUT2D eigenvalue weighted by atomic mass is 16.5. The summed E-state index contributed by atoms with van der Waals surface area (Å²) in [5.74, 6) is -2.18. The van der Waals surface area contributed by atoms with Crippen LogP contribution in [-0.2, 0) is 14.3 Å². The fraction of sp³-hybridized carbons (Fsp3) is 0.556. The van der Waals surface area contributed by atoms with Crippen LogP contribution in [0.1, 0.15) is 26.2 Å². The summed E-state index contributed by atoms with van der Waals surface area (Å²) in [6, 6.07) is 0. The second-order valence-electron chi connectivity index (χ2n) is 2.63. The molecule has 13 heavy (non-hydrogen) atoms. The fourth-order valence-corrected chi connectivity index (χ4v) is 0.691. The van der Waals surface area contributed by atoms with E-state index in [1.807, 2.05) is 6.92 Å². The van der Waals surface area contributed by atoms with E-state index in [0.29, 0.717) is 0 Å². The van der Waals surface area contributed by atoms with Gasteiger partial charge in [0.25, 0.3) is 0 Å². The van der Waals surface area contributed by atoms with Crippen LogP contribution in [0.4, 0.5) is 0 Å². The maximum atomic E-state index is 10.8. The van der Waals surface area contributed by atoms with E-state index in [1.165, 1.54) is 0 Å². The van der Waals surface area contributed by atoms with Crippen molar-refractivity contribution in [1.82, 2.24) is 0 Å². The Hall–Kier alpha value is -1.32. The van der Waals surface area contributed by atoms with Crippen LogP contribution in [0.25, 0.3) is 0 Å². The molecular formula is C9H14O4. The van der Waals surface area contributed by atoms with Crippen molar-refractivity contribution >= 4 is 11.9 Å². The Kier molecular flexibility index (Phi) is 5.59. The molecule has 0 rings (SSSR count). The molecule has 0 heterocycles. The monoisotopic (exact) mass is 186 g/mol. The van der Waals surface area contributed by atoms with E-state index >= 15 is 0 Å². The number of rotatable bonds is 6. The van der Waals surface area contributed by atoms with Crippen molar-refractivity contribution in [1.29, 1.82) is 0 Å². The molecule has 0 saturated carbocycles. The molecule has 0 bridgehead atoms. The summed E-state index contributed by atoms with van der Waals surface area (Å²) in [4.78, 5) is 21.1. The molecule has 4 nitrogen and oxygen atoms in total. The van der Waals surface area contributed by atoms with Gasteiger partial charge in [-0.15, -0.1) is 0 Å². The number of unbranched alkanes of at least 4 members (excludes halogenated alkanes) is 2. The van der Waals surface area contributed by atoms with E-state index in [9.17, 15) is 9.59 Å². The lowest BCUT2D eigenvalue weighted by molar-refractivity contribution is -0.144. The maximum Gasteiger partial charge on any atom is 0.344 e. The zero-order valence-electron chi connectivity index (χ0n) is 7.71. The van der Waals surface area contributed by atoms with E-state index in [4.69, 9.17) is 5.11 Å². The standard InChI is InChI=1S/C9H14O4/c1-3-4-5-6-13-9(12)7(2)8(10)11/h2-6H2,1H3,(H,10,11). The number of carbonyl (C=O) groups is 2. The largest absolute Gasteiger partial charge is 0.477 e. The lowest BCUT2D eigenvalue weighted by Crippen LogP contribution is -2.14. The predicted molar refractivity (Wildman–Crippen MR) is 47.3 cm³/mol. The van der Waals surface area contributed by atoms with Crippen molar-refractivity contribution < 1.29 is 19.4 Å². The second kappa shape index (κ2) is 6.22. The Bertz CT molecular complexity index is 208. The summed E-state index contributed by atoms with van der Waals surface area (Å²) in [6.45, 7) is 5.37. The van der Waals surface area contributed by atoms with Gasteiger partial charge in [0.15, 0.2) is 0 Å². The van der Waals surface area contributed by atoms with Crippen molar-refractivity contribution in [3.8, 4) is 0 Å². The van der Waals surface area contributed by atoms with Gasteiger partial charge in [0, 0.05) is 0 Å². The molecule has 0 aliphatic heterocycles. The summed E-state index contributed by atoms with van der Waals surface area (Å²) in [6.07, 6.45) is 2.75. The van der Waals surface area contributed by atoms with Crippen molar-refractivity contribution in [3.05, 3.63) is 12.2 Å². The highest BCUT2D eigenvalue weighted by molar-refractivity contribution is 6.12. The Morgan fingerprint density at radius 2 is 2.00 bits per heavy atom. The molecule has 0 aromatic rings. The van der Waals surface area contributed by atoms with E-state index < -0.39 is 17.5 Å². The minimum atomic E-state index is -1.33. The van der Waals surface area contributed by atoms with E-state index in [0.717, 1.165) is 19.3 Å². The van der Waals surface area contributed by atoms with Crippen LogP contribution in [-0.4, -0.2) is 23.7 Å². The molecule has 0 amide bonds. The molecule has 0 radical (unpaired) electrons. The van der Waals surface area contributed by atoms with E-state index in [-0.39, 0.29) is 6.61 Å². The zero-order valence-corrected chi connectivity index (χ0v) is 7.71. The smallest absolute Gasteiger partial charge is 0.344 e. The lowest BCUT2D eigenvalue weighted by atomic mass is 10.3. The number of aliphatic carboxylic acids is 1. The van der Waals surface area contributed by atoms with Gasteiger partial charge in [-0.3, -0.25) is 0 Å². The minimum Gasteiger partial charge on any atom is -0.477 e. The first-order valence-corrected chi connectivity index (χ1v) is 4.19. The van der Waals surface area contributed by atoms with Crippen LogP contribution in [0.15, 0.2) is 12.2 Å². The van der Waals surface area contributed by atoms with Crippen LogP contribution in [0, 0.1) is 0 Å². The van der Waals surface area contributed by atoms with Crippen LogP contribution in [0.5, 0.6) is 0 Å². The Balaban J connectivity index is 3.63. The molecule has 0 fully saturated rings. The maximum absolute atomic E-state index is 10.8. The fourth-order valence-electron chi connectivity index (χ4n) is 0.691.